The molecule has 9 heteroatoms. The van der Waals surface area contributed by atoms with E-state index in [1.807, 2.05) is 22.6 Å². The van der Waals surface area contributed by atoms with Crippen LogP contribution >= 0.6 is 57.3 Å². The van der Waals surface area contributed by atoms with Gasteiger partial charge in [-0.2, -0.15) is 4.37 Å². The summed E-state index contributed by atoms with van der Waals surface area (Å²) in [7, 11) is 0. The Labute approximate surface area is 147 Å². The van der Waals surface area contributed by atoms with Crippen LogP contribution in [-0.2, 0) is 0 Å². The van der Waals surface area contributed by atoms with Gasteiger partial charge in [-0.1, -0.05) is 23.2 Å². The number of carbonyl (C=O) groups is 2. The van der Waals surface area contributed by atoms with Crippen molar-refractivity contribution in [1.82, 2.24) is 4.37 Å². The van der Waals surface area contributed by atoms with Crippen LogP contribution in [0.4, 0.5) is 5.00 Å². The zero-order chi connectivity index (χ0) is 15.7. The number of carboxylic acid groups (broad SMARTS) is 1. The fourth-order valence-corrected chi connectivity index (χ4v) is 3.43. The Morgan fingerprint density at radius 2 is 2.05 bits per heavy atom. The minimum atomic E-state index is -1.14. The number of aryl methyl sites for hydroxylation is 1. The molecule has 0 atom stereocenters. The molecule has 2 rings (SSSR count). The van der Waals surface area contributed by atoms with Crippen LogP contribution in [0, 0.1) is 10.5 Å². The van der Waals surface area contributed by atoms with Gasteiger partial charge in [0.1, 0.15) is 10.6 Å². The number of nitrogens with one attached hydrogen (secondary N) is 1. The summed E-state index contributed by atoms with van der Waals surface area (Å²) in [5.41, 5.74) is 0.605. The van der Waals surface area contributed by atoms with Crippen molar-refractivity contribution in [2.75, 3.05) is 5.32 Å². The van der Waals surface area contributed by atoms with E-state index in [0.717, 1.165) is 11.5 Å². The molecule has 0 aliphatic rings. The number of carboxylic acids is 1. The Balaban J connectivity index is 2.38. The van der Waals surface area contributed by atoms with Gasteiger partial charge >= 0.3 is 5.97 Å². The van der Waals surface area contributed by atoms with Gasteiger partial charge in [0.05, 0.1) is 16.3 Å². The lowest BCUT2D eigenvalue weighted by molar-refractivity contribution is 0.0697. The molecule has 1 aromatic carbocycles. The first-order chi connectivity index (χ1) is 9.81. The van der Waals surface area contributed by atoms with Crippen molar-refractivity contribution < 1.29 is 14.7 Å². The summed E-state index contributed by atoms with van der Waals surface area (Å²) >= 11 is 14.7. The second kappa shape index (κ2) is 6.47. The monoisotopic (exact) mass is 456 g/mol. The van der Waals surface area contributed by atoms with Gasteiger partial charge in [-0.15, -0.1) is 0 Å². The topological polar surface area (TPSA) is 79.3 Å². The van der Waals surface area contributed by atoms with E-state index in [0.29, 0.717) is 19.3 Å². The van der Waals surface area contributed by atoms with Gasteiger partial charge < -0.3 is 10.4 Å². The van der Waals surface area contributed by atoms with Crippen LogP contribution in [0.3, 0.4) is 0 Å². The van der Waals surface area contributed by atoms with Crippen molar-refractivity contribution in [2.45, 2.75) is 6.92 Å². The Bertz CT molecular complexity index is 748. The maximum Gasteiger partial charge on any atom is 0.340 e. The maximum atomic E-state index is 12.3. The van der Waals surface area contributed by atoms with E-state index in [1.54, 1.807) is 6.92 Å². The zero-order valence-corrected chi connectivity index (χ0v) is 14.9. The number of aromatic carboxylic acids is 1. The molecule has 0 saturated heterocycles. The number of halogens is 3. The van der Waals surface area contributed by atoms with Gasteiger partial charge in [0, 0.05) is 8.59 Å². The normalized spacial score (nSPS) is 10.5. The van der Waals surface area contributed by atoms with E-state index >= 15 is 0 Å². The SMILES string of the molecule is Cc1nsc(NC(=O)c2cc(Cl)cc(Cl)c2I)c1C(=O)O. The molecule has 1 heterocycles. The summed E-state index contributed by atoms with van der Waals surface area (Å²) in [6.07, 6.45) is 0. The van der Waals surface area contributed by atoms with Crippen molar-refractivity contribution in [1.29, 1.82) is 0 Å². The van der Waals surface area contributed by atoms with E-state index in [9.17, 15) is 9.59 Å². The predicted molar refractivity (Wildman–Crippen MR) is 90.9 cm³/mol. The highest BCUT2D eigenvalue weighted by Gasteiger charge is 2.21. The lowest BCUT2D eigenvalue weighted by atomic mass is 10.2. The molecule has 0 fully saturated rings. The molecule has 1 amide bonds. The molecule has 2 aromatic rings. The molecule has 5 nitrogen and oxygen atoms in total. The number of aromatic nitrogens is 1. The number of hydrogen-bond acceptors (Lipinski definition) is 4. The molecule has 21 heavy (non-hydrogen) atoms. The number of hydrogen-bond donors (Lipinski definition) is 2. The first-order valence-corrected chi connectivity index (χ1v) is 8.07. The van der Waals surface area contributed by atoms with Crippen molar-refractivity contribution >= 4 is 74.2 Å². The van der Waals surface area contributed by atoms with Crippen molar-refractivity contribution in [3.63, 3.8) is 0 Å². The second-order valence-corrected chi connectivity index (χ2v) is 6.68. The molecule has 0 spiro atoms. The molecule has 0 unspecified atom stereocenters. The standard InChI is InChI=1S/C12H7Cl2IN2O3S/c1-4-8(12(19)20)11(21-17-4)16-10(18)6-2-5(13)3-7(14)9(6)15/h2-3H,1H3,(H,16,18)(H,19,20). The average molecular weight is 457 g/mol. The average Bonchev–Trinajstić information content (AvgIpc) is 2.74. The summed E-state index contributed by atoms with van der Waals surface area (Å²) in [4.78, 5) is 23.4. The van der Waals surface area contributed by atoms with Gasteiger partial charge in [0.25, 0.3) is 5.91 Å². The first kappa shape index (κ1) is 16.5. The molecule has 1 aromatic heterocycles. The third kappa shape index (κ3) is 3.47. The third-order valence-electron chi connectivity index (χ3n) is 2.54. The molecule has 0 bridgehead atoms. The van der Waals surface area contributed by atoms with Gasteiger partial charge in [-0.25, -0.2) is 4.79 Å². The van der Waals surface area contributed by atoms with Crippen LogP contribution in [0.25, 0.3) is 0 Å². The van der Waals surface area contributed by atoms with E-state index in [-0.39, 0.29) is 16.1 Å². The molecule has 0 aliphatic heterocycles. The molecule has 0 radical (unpaired) electrons. The molecule has 0 aliphatic carbocycles. The highest BCUT2D eigenvalue weighted by Crippen LogP contribution is 2.29. The fourth-order valence-electron chi connectivity index (χ4n) is 1.60. The summed E-state index contributed by atoms with van der Waals surface area (Å²) in [6, 6.07) is 3.00. The molecular formula is C12H7Cl2IN2O3S. The maximum absolute atomic E-state index is 12.3. The van der Waals surface area contributed by atoms with Crippen LogP contribution in [0.2, 0.25) is 10.0 Å². The summed E-state index contributed by atoms with van der Waals surface area (Å²) in [5, 5.41) is 12.5. The molecule has 110 valence electrons. The lowest BCUT2D eigenvalue weighted by Gasteiger charge is -2.08. The summed E-state index contributed by atoms with van der Waals surface area (Å²) < 4.78 is 4.47. The number of nitrogens with zero attached hydrogens (tertiary/aromatic N) is 1. The van der Waals surface area contributed by atoms with Crippen LogP contribution in [0.15, 0.2) is 12.1 Å². The quantitative estimate of drug-likeness (QED) is 0.532. The van der Waals surface area contributed by atoms with Crippen LogP contribution < -0.4 is 5.32 Å². The fraction of sp³-hybridized carbons (Fsp3) is 0.0833. The Hall–Kier alpha value is -0.900. The number of rotatable bonds is 3. The minimum Gasteiger partial charge on any atom is -0.478 e. The Morgan fingerprint density at radius 1 is 1.38 bits per heavy atom. The number of carbonyl (C=O) groups excluding carboxylic acids is 1. The van der Waals surface area contributed by atoms with Crippen LogP contribution in [0.5, 0.6) is 0 Å². The van der Waals surface area contributed by atoms with Crippen molar-refractivity contribution in [3.05, 3.63) is 42.6 Å². The van der Waals surface area contributed by atoms with E-state index in [4.69, 9.17) is 28.3 Å². The van der Waals surface area contributed by atoms with Crippen molar-refractivity contribution in [2.24, 2.45) is 0 Å². The third-order valence-corrected chi connectivity index (χ3v) is 5.39. The highest BCUT2D eigenvalue weighted by atomic mass is 127. The molecule has 0 saturated carbocycles. The zero-order valence-electron chi connectivity index (χ0n) is 10.4. The van der Waals surface area contributed by atoms with Crippen LogP contribution in [0.1, 0.15) is 26.4 Å². The number of amides is 1. The summed E-state index contributed by atoms with van der Waals surface area (Å²) in [5.74, 6) is -1.63. The first-order valence-electron chi connectivity index (χ1n) is 5.46. The van der Waals surface area contributed by atoms with Gasteiger partial charge in [-0.3, -0.25) is 4.79 Å². The highest BCUT2D eigenvalue weighted by molar-refractivity contribution is 14.1. The smallest absolute Gasteiger partial charge is 0.340 e. The van der Waals surface area contributed by atoms with Crippen molar-refractivity contribution in [3.8, 4) is 0 Å². The summed E-state index contributed by atoms with van der Waals surface area (Å²) in [6.45, 7) is 1.57. The van der Waals surface area contributed by atoms with Gasteiger partial charge in [0.15, 0.2) is 0 Å². The Morgan fingerprint density at radius 3 is 2.67 bits per heavy atom. The van der Waals surface area contributed by atoms with E-state index < -0.39 is 11.9 Å². The lowest BCUT2D eigenvalue weighted by Crippen LogP contribution is -2.15. The van der Waals surface area contributed by atoms with Gasteiger partial charge in [-0.05, 0) is 53.2 Å². The predicted octanol–water partition coefficient (Wildman–Crippen LogP) is 4.31. The van der Waals surface area contributed by atoms with E-state index in [1.165, 1.54) is 12.1 Å². The van der Waals surface area contributed by atoms with Gasteiger partial charge in [0.2, 0.25) is 0 Å². The van der Waals surface area contributed by atoms with Crippen LogP contribution in [-0.4, -0.2) is 21.4 Å². The van der Waals surface area contributed by atoms with E-state index in [2.05, 4.69) is 9.69 Å². The number of benzene rings is 1. The largest absolute Gasteiger partial charge is 0.478 e. The second-order valence-electron chi connectivity index (χ2n) is 3.98. The Kier molecular flexibility index (Phi) is 5.07. The molecular weight excluding hydrogens is 450 g/mol. The molecule has 2 N–H and O–H groups in total. The minimum absolute atomic E-state index is 0.0171. The number of anilines is 1.